The zero-order valence-corrected chi connectivity index (χ0v) is 12.9. The van der Waals surface area contributed by atoms with Crippen LogP contribution in [0.25, 0.3) is 33.3 Å². The molecule has 3 aromatic carbocycles. The van der Waals surface area contributed by atoms with E-state index in [1.807, 2.05) is 0 Å². The monoisotopic (exact) mass is 295 g/mol. The number of nitrogens with zero attached hydrogens (tertiary/aromatic N) is 1. The lowest BCUT2D eigenvalue weighted by Gasteiger charge is -2.10. The minimum absolute atomic E-state index is 1.08. The lowest BCUT2D eigenvalue weighted by molar-refractivity contribution is 0.778. The van der Waals surface area contributed by atoms with E-state index in [0.717, 1.165) is 13.0 Å². The molecule has 0 amide bonds. The van der Waals surface area contributed by atoms with Crippen LogP contribution in [0.4, 0.5) is 0 Å². The number of hydrogen-bond donors (Lipinski definition) is 0. The van der Waals surface area contributed by atoms with Crippen LogP contribution in [0, 0.1) is 0 Å². The smallest absolute Gasteiger partial charge is 0.0571 e. The molecule has 0 unspecified atom stereocenters. The largest absolute Gasteiger partial charge is 0.339 e. The molecule has 4 aromatic rings. The van der Waals surface area contributed by atoms with Gasteiger partial charge in [0.25, 0.3) is 0 Å². The highest BCUT2D eigenvalue weighted by Crippen LogP contribution is 2.44. The zero-order valence-electron chi connectivity index (χ0n) is 12.9. The summed E-state index contributed by atoms with van der Waals surface area (Å²) in [6, 6.07) is 28.3. The fraction of sp³-hybridized carbons (Fsp3) is 0.0909. The molecular weight excluding hydrogens is 278 g/mol. The van der Waals surface area contributed by atoms with E-state index in [-0.39, 0.29) is 0 Å². The Morgan fingerprint density at radius 2 is 1.35 bits per heavy atom. The Labute approximate surface area is 135 Å². The number of rotatable bonds is 2. The number of hydrogen-bond acceptors (Lipinski definition) is 0. The molecular formula is C22H17N. The summed E-state index contributed by atoms with van der Waals surface area (Å²) in [5.74, 6) is 0. The standard InChI is InChI=1S/C22H17N/c1-3-8-16(9-4-1)20-19-13-7-12-18-14-15-23(21(18)19)22(20)17-10-5-2-6-11-17/h1-13H,14-15H2. The maximum Gasteiger partial charge on any atom is 0.0571 e. The third-order valence-corrected chi connectivity index (χ3v) is 4.88. The number of benzene rings is 3. The van der Waals surface area contributed by atoms with Gasteiger partial charge in [-0.15, -0.1) is 0 Å². The molecule has 0 saturated heterocycles. The zero-order chi connectivity index (χ0) is 15.2. The molecule has 1 aliphatic heterocycles. The Hall–Kier alpha value is -2.80. The molecule has 110 valence electrons. The maximum absolute atomic E-state index is 2.52. The number of para-hydroxylation sites is 1. The predicted octanol–water partition coefficient (Wildman–Crippen LogP) is 5.53. The first-order valence-corrected chi connectivity index (χ1v) is 8.18. The van der Waals surface area contributed by atoms with Crippen molar-refractivity contribution in [3.63, 3.8) is 0 Å². The van der Waals surface area contributed by atoms with E-state index in [2.05, 4.69) is 83.4 Å². The van der Waals surface area contributed by atoms with Crippen molar-refractivity contribution in [2.75, 3.05) is 0 Å². The van der Waals surface area contributed by atoms with E-state index < -0.39 is 0 Å². The average Bonchev–Trinajstić information content (AvgIpc) is 3.19. The molecule has 0 saturated carbocycles. The fourth-order valence-electron chi connectivity index (χ4n) is 3.94. The summed E-state index contributed by atoms with van der Waals surface area (Å²) in [4.78, 5) is 0. The quantitative estimate of drug-likeness (QED) is 0.458. The fourth-order valence-corrected chi connectivity index (χ4v) is 3.94. The summed E-state index contributed by atoms with van der Waals surface area (Å²) in [7, 11) is 0. The Bertz CT molecular complexity index is 995. The first-order valence-electron chi connectivity index (χ1n) is 8.18. The maximum atomic E-state index is 2.52. The van der Waals surface area contributed by atoms with Gasteiger partial charge in [-0.1, -0.05) is 78.9 Å². The van der Waals surface area contributed by atoms with Gasteiger partial charge in [0.2, 0.25) is 0 Å². The van der Waals surface area contributed by atoms with Crippen LogP contribution in [-0.2, 0) is 13.0 Å². The number of aryl methyl sites for hydroxylation is 2. The SMILES string of the molecule is c1ccc(-c2c(-c3ccccc3)n3c4c(cccc24)CC3)cc1. The Balaban J connectivity index is 1.95. The molecule has 0 bridgehead atoms. The van der Waals surface area contributed by atoms with Crippen molar-refractivity contribution in [3.8, 4) is 22.4 Å². The van der Waals surface area contributed by atoms with Crippen LogP contribution in [0.15, 0.2) is 78.9 Å². The molecule has 1 aromatic heterocycles. The summed E-state index contributed by atoms with van der Waals surface area (Å²) in [6.07, 6.45) is 1.14. The lowest BCUT2D eigenvalue weighted by Crippen LogP contribution is -1.96. The van der Waals surface area contributed by atoms with Crippen LogP contribution in [0.1, 0.15) is 5.56 Å². The lowest BCUT2D eigenvalue weighted by atomic mass is 9.97. The Morgan fingerprint density at radius 3 is 2.09 bits per heavy atom. The summed E-state index contributed by atoms with van der Waals surface area (Å²) in [5, 5.41) is 1.38. The van der Waals surface area contributed by atoms with Crippen LogP contribution in [-0.4, -0.2) is 4.57 Å². The highest BCUT2D eigenvalue weighted by molar-refractivity contribution is 6.06. The van der Waals surface area contributed by atoms with Gasteiger partial charge in [-0.2, -0.15) is 0 Å². The normalized spacial score (nSPS) is 12.9. The van der Waals surface area contributed by atoms with Crippen LogP contribution in [0.3, 0.4) is 0 Å². The minimum Gasteiger partial charge on any atom is -0.339 e. The second-order valence-corrected chi connectivity index (χ2v) is 6.17. The van der Waals surface area contributed by atoms with E-state index in [9.17, 15) is 0 Å². The van der Waals surface area contributed by atoms with E-state index >= 15 is 0 Å². The molecule has 0 radical (unpaired) electrons. The van der Waals surface area contributed by atoms with Gasteiger partial charge in [0.1, 0.15) is 0 Å². The van der Waals surface area contributed by atoms with Gasteiger partial charge >= 0.3 is 0 Å². The summed E-state index contributed by atoms with van der Waals surface area (Å²) in [6.45, 7) is 1.08. The Morgan fingerprint density at radius 1 is 0.652 bits per heavy atom. The van der Waals surface area contributed by atoms with Crippen molar-refractivity contribution in [1.82, 2.24) is 4.57 Å². The van der Waals surface area contributed by atoms with Crippen LogP contribution in [0.5, 0.6) is 0 Å². The van der Waals surface area contributed by atoms with Gasteiger partial charge < -0.3 is 4.57 Å². The van der Waals surface area contributed by atoms with Gasteiger partial charge in [0, 0.05) is 17.5 Å². The third-order valence-electron chi connectivity index (χ3n) is 4.88. The predicted molar refractivity (Wildman–Crippen MR) is 96.5 cm³/mol. The molecule has 1 nitrogen and oxygen atoms in total. The van der Waals surface area contributed by atoms with E-state index in [1.165, 1.54) is 38.9 Å². The molecule has 0 fully saturated rings. The van der Waals surface area contributed by atoms with Gasteiger partial charge in [-0.3, -0.25) is 0 Å². The van der Waals surface area contributed by atoms with Crippen molar-refractivity contribution in [2.45, 2.75) is 13.0 Å². The highest BCUT2D eigenvalue weighted by Gasteiger charge is 2.24. The number of aromatic nitrogens is 1. The van der Waals surface area contributed by atoms with Crippen molar-refractivity contribution in [1.29, 1.82) is 0 Å². The third kappa shape index (κ3) is 1.80. The molecule has 1 aliphatic rings. The Kier molecular flexibility index (Phi) is 2.68. The summed E-state index contributed by atoms with van der Waals surface area (Å²) >= 11 is 0. The summed E-state index contributed by atoms with van der Waals surface area (Å²) < 4.78 is 2.52. The molecule has 1 heteroatoms. The van der Waals surface area contributed by atoms with E-state index in [4.69, 9.17) is 0 Å². The van der Waals surface area contributed by atoms with Crippen molar-refractivity contribution >= 4 is 10.9 Å². The first-order chi connectivity index (χ1) is 11.4. The van der Waals surface area contributed by atoms with Gasteiger partial charge in [-0.25, -0.2) is 0 Å². The highest BCUT2D eigenvalue weighted by atomic mass is 15.0. The second kappa shape index (κ2) is 4.85. The van der Waals surface area contributed by atoms with Gasteiger partial charge in [-0.05, 0) is 23.1 Å². The van der Waals surface area contributed by atoms with Crippen molar-refractivity contribution in [2.24, 2.45) is 0 Å². The van der Waals surface area contributed by atoms with Crippen LogP contribution < -0.4 is 0 Å². The van der Waals surface area contributed by atoms with E-state index in [1.54, 1.807) is 0 Å². The molecule has 0 spiro atoms. The first kappa shape index (κ1) is 12.7. The molecule has 0 N–H and O–H groups in total. The molecule has 5 rings (SSSR count). The van der Waals surface area contributed by atoms with Crippen molar-refractivity contribution < 1.29 is 0 Å². The second-order valence-electron chi connectivity index (χ2n) is 6.17. The molecule has 0 aliphatic carbocycles. The average molecular weight is 295 g/mol. The molecule has 23 heavy (non-hydrogen) atoms. The molecule has 2 heterocycles. The van der Waals surface area contributed by atoms with Gasteiger partial charge in [0.15, 0.2) is 0 Å². The van der Waals surface area contributed by atoms with Crippen molar-refractivity contribution in [3.05, 3.63) is 84.4 Å². The summed E-state index contributed by atoms with van der Waals surface area (Å²) in [5.41, 5.74) is 8.22. The molecule has 0 atom stereocenters. The van der Waals surface area contributed by atoms with Crippen LogP contribution >= 0.6 is 0 Å². The van der Waals surface area contributed by atoms with E-state index in [0.29, 0.717) is 0 Å². The van der Waals surface area contributed by atoms with Gasteiger partial charge in [0.05, 0.1) is 11.2 Å². The minimum atomic E-state index is 1.08. The van der Waals surface area contributed by atoms with Crippen LogP contribution in [0.2, 0.25) is 0 Å². The topological polar surface area (TPSA) is 4.93 Å².